The molecule has 2 saturated heterocycles. The Morgan fingerprint density at radius 3 is 2.93 bits per heavy atom. The Bertz CT molecular complexity index is 225. The second-order valence-electron chi connectivity index (χ2n) is 4.11. The summed E-state index contributed by atoms with van der Waals surface area (Å²) in [5.74, 6) is 2.29. The zero-order valence-electron chi connectivity index (χ0n) is 8.08. The van der Waals surface area contributed by atoms with Gasteiger partial charge in [0.25, 0.3) is 0 Å². The van der Waals surface area contributed by atoms with Crippen molar-refractivity contribution in [1.29, 1.82) is 0 Å². The van der Waals surface area contributed by atoms with E-state index in [0.29, 0.717) is 19.6 Å². The Kier molecular flexibility index (Phi) is 2.99. The van der Waals surface area contributed by atoms with E-state index in [1.807, 2.05) is 11.8 Å². The van der Waals surface area contributed by atoms with Crippen molar-refractivity contribution in [3.05, 3.63) is 0 Å². The van der Waals surface area contributed by atoms with Gasteiger partial charge in [-0.05, 0) is 12.2 Å². The minimum Gasteiger partial charge on any atom is -0.385 e. The van der Waals surface area contributed by atoms with Gasteiger partial charge in [0.15, 0.2) is 0 Å². The Morgan fingerprint density at radius 1 is 1.64 bits per heavy atom. The summed E-state index contributed by atoms with van der Waals surface area (Å²) in [6, 6.07) is 0. The number of thioether (sulfide) groups is 1. The number of hydrogen-bond donors (Lipinski definition) is 3. The van der Waals surface area contributed by atoms with E-state index in [1.54, 1.807) is 0 Å². The molecule has 0 bridgehead atoms. The number of rotatable bonds is 3. The van der Waals surface area contributed by atoms with Crippen LogP contribution in [0.3, 0.4) is 0 Å². The topological polar surface area (TPSA) is 61.4 Å². The number of amides is 1. The first-order chi connectivity index (χ1) is 6.70. The maximum atomic E-state index is 11.6. The van der Waals surface area contributed by atoms with E-state index in [1.165, 1.54) is 0 Å². The zero-order valence-corrected chi connectivity index (χ0v) is 8.90. The Hall–Kier alpha value is -0.260. The smallest absolute Gasteiger partial charge is 0.224 e. The average Bonchev–Trinajstić information content (AvgIpc) is 2.63. The third-order valence-corrected chi connectivity index (χ3v) is 3.96. The van der Waals surface area contributed by atoms with E-state index in [-0.39, 0.29) is 11.8 Å². The van der Waals surface area contributed by atoms with Gasteiger partial charge in [0.05, 0.1) is 0 Å². The molecule has 0 aromatic rings. The van der Waals surface area contributed by atoms with E-state index in [4.69, 9.17) is 0 Å². The highest BCUT2D eigenvalue weighted by atomic mass is 32.2. The number of aliphatic hydroxyl groups is 1. The first-order valence-electron chi connectivity index (χ1n) is 4.98. The highest BCUT2D eigenvalue weighted by Gasteiger charge is 2.35. The molecule has 0 aromatic carbocycles. The lowest BCUT2D eigenvalue weighted by molar-refractivity contribution is -0.126. The summed E-state index contributed by atoms with van der Waals surface area (Å²) >= 11 is 1.83. The third kappa shape index (κ3) is 2.21. The molecule has 0 saturated carbocycles. The van der Waals surface area contributed by atoms with E-state index >= 15 is 0 Å². The molecule has 5 heteroatoms. The molecule has 0 aliphatic carbocycles. The molecule has 1 amide bonds. The molecule has 2 aliphatic heterocycles. The van der Waals surface area contributed by atoms with Crippen LogP contribution < -0.4 is 10.6 Å². The molecule has 80 valence electrons. The highest BCUT2D eigenvalue weighted by Crippen LogP contribution is 2.23. The maximum absolute atomic E-state index is 11.6. The first kappa shape index (κ1) is 10.3. The lowest BCUT2D eigenvalue weighted by Gasteiger charge is -2.37. The molecule has 0 aromatic heterocycles. The van der Waals surface area contributed by atoms with Crippen molar-refractivity contribution in [1.82, 2.24) is 10.6 Å². The summed E-state index contributed by atoms with van der Waals surface area (Å²) in [5, 5.41) is 15.5. The van der Waals surface area contributed by atoms with E-state index < -0.39 is 5.60 Å². The number of carbonyl (C=O) groups excluding carboxylic acids is 1. The molecular formula is C9H16N2O2S. The van der Waals surface area contributed by atoms with Crippen molar-refractivity contribution in [2.75, 3.05) is 31.1 Å². The van der Waals surface area contributed by atoms with Crippen LogP contribution in [0.5, 0.6) is 0 Å². The molecule has 1 unspecified atom stereocenters. The lowest BCUT2D eigenvalue weighted by Crippen LogP contribution is -2.64. The average molecular weight is 216 g/mol. The van der Waals surface area contributed by atoms with Crippen molar-refractivity contribution in [3.8, 4) is 0 Å². The highest BCUT2D eigenvalue weighted by molar-refractivity contribution is 7.99. The van der Waals surface area contributed by atoms with Gasteiger partial charge in [0, 0.05) is 31.3 Å². The molecule has 4 nitrogen and oxygen atoms in total. The molecule has 0 spiro atoms. The normalized spacial score (nSPS) is 29.6. The fourth-order valence-corrected chi connectivity index (χ4v) is 2.90. The van der Waals surface area contributed by atoms with Crippen LogP contribution in [0.2, 0.25) is 0 Å². The minimum absolute atomic E-state index is 0.107. The van der Waals surface area contributed by atoms with Gasteiger partial charge in [-0.25, -0.2) is 0 Å². The molecule has 1 atom stereocenters. The molecule has 0 radical (unpaired) electrons. The number of hydrogen-bond acceptors (Lipinski definition) is 4. The predicted octanol–water partition coefficient (Wildman–Crippen LogP) is -0.810. The van der Waals surface area contributed by atoms with Crippen LogP contribution in [0.4, 0.5) is 0 Å². The third-order valence-electron chi connectivity index (χ3n) is 2.80. The van der Waals surface area contributed by atoms with E-state index in [9.17, 15) is 9.90 Å². The van der Waals surface area contributed by atoms with Gasteiger partial charge in [-0.2, -0.15) is 11.8 Å². The van der Waals surface area contributed by atoms with Crippen LogP contribution in [-0.2, 0) is 4.79 Å². The van der Waals surface area contributed by atoms with Gasteiger partial charge < -0.3 is 15.7 Å². The summed E-state index contributed by atoms with van der Waals surface area (Å²) in [4.78, 5) is 11.6. The Labute approximate surface area is 87.8 Å². The van der Waals surface area contributed by atoms with E-state index in [2.05, 4.69) is 10.6 Å². The molecule has 2 rings (SSSR count). The molecule has 2 heterocycles. The standard InChI is InChI=1S/C9H16N2O2S/c12-8(7-1-2-14-3-7)11-6-9(13)4-10-5-9/h7,10,13H,1-6H2,(H,11,12). The van der Waals surface area contributed by atoms with Gasteiger partial charge in [-0.1, -0.05) is 0 Å². The van der Waals surface area contributed by atoms with E-state index in [0.717, 1.165) is 17.9 Å². The van der Waals surface area contributed by atoms with Crippen molar-refractivity contribution in [2.24, 2.45) is 5.92 Å². The maximum Gasteiger partial charge on any atom is 0.224 e. The molecule has 3 N–H and O–H groups in total. The monoisotopic (exact) mass is 216 g/mol. The second kappa shape index (κ2) is 4.08. The Balaban J connectivity index is 1.71. The summed E-state index contributed by atoms with van der Waals surface area (Å²) in [5.41, 5.74) is -0.693. The van der Waals surface area contributed by atoms with Crippen LogP contribution in [0, 0.1) is 5.92 Å². The van der Waals surface area contributed by atoms with Crippen molar-refractivity contribution in [3.63, 3.8) is 0 Å². The lowest BCUT2D eigenvalue weighted by atomic mass is 9.97. The number of nitrogens with one attached hydrogen (secondary N) is 2. The van der Waals surface area contributed by atoms with Crippen LogP contribution in [-0.4, -0.2) is 47.8 Å². The number of carbonyl (C=O) groups is 1. The molecular weight excluding hydrogens is 200 g/mol. The second-order valence-corrected chi connectivity index (χ2v) is 5.26. The van der Waals surface area contributed by atoms with Crippen LogP contribution in [0.15, 0.2) is 0 Å². The van der Waals surface area contributed by atoms with Gasteiger partial charge >= 0.3 is 0 Å². The summed E-state index contributed by atoms with van der Waals surface area (Å²) in [6.45, 7) is 1.57. The van der Waals surface area contributed by atoms with Gasteiger partial charge in [-0.3, -0.25) is 4.79 Å². The SMILES string of the molecule is O=C(NCC1(O)CNC1)C1CCSC1. The summed E-state index contributed by atoms with van der Waals surface area (Å²) in [6.07, 6.45) is 0.979. The molecule has 2 fully saturated rings. The number of β-amino-alcohol motifs (C(OH)–C–C–N with tert-alkyl or cyclic N) is 1. The predicted molar refractivity (Wildman–Crippen MR) is 56.3 cm³/mol. The largest absolute Gasteiger partial charge is 0.385 e. The van der Waals surface area contributed by atoms with Gasteiger partial charge in [-0.15, -0.1) is 0 Å². The fraction of sp³-hybridized carbons (Fsp3) is 0.889. The first-order valence-corrected chi connectivity index (χ1v) is 6.14. The van der Waals surface area contributed by atoms with Gasteiger partial charge in [0.2, 0.25) is 5.91 Å². The zero-order chi connectivity index (χ0) is 10.0. The van der Waals surface area contributed by atoms with Crippen molar-refractivity contribution in [2.45, 2.75) is 12.0 Å². The van der Waals surface area contributed by atoms with Crippen LogP contribution in [0.1, 0.15) is 6.42 Å². The van der Waals surface area contributed by atoms with Gasteiger partial charge in [0.1, 0.15) is 5.60 Å². The van der Waals surface area contributed by atoms with Crippen LogP contribution >= 0.6 is 11.8 Å². The summed E-state index contributed by atoms with van der Waals surface area (Å²) in [7, 11) is 0. The Morgan fingerprint density at radius 2 is 2.43 bits per heavy atom. The minimum atomic E-state index is -0.693. The quantitative estimate of drug-likeness (QED) is 0.577. The molecule has 2 aliphatic rings. The summed E-state index contributed by atoms with van der Waals surface area (Å²) < 4.78 is 0. The molecule has 14 heavy (non-hydrogen) atoms. The van der Waals surface area contributed by atoms with Crippen molar-refractivity contribution >= 4 is 17.7 Å². The van der Waals surface area contributed by atoms with Crippen LogP contribution in [0.25, 0.3) is 0 Å². The fourth-order valence-electron chi connectivity index (χ4n) is 1.68. The van der Waals surface area contributed by atoms with Crippen molar-refractivity contribution < 1.29 is 9.90 Å².